The number of thioether (sulfide) groups is 1. The summed E-state index contributed by atoms with van der Waals surface area (Å²) in [5.74, 6) is -1.26. The number of aliphatic hydroxyl groups is 1. The Balaban J connectivity index is 1.75. The van der Waals surface area contributed by atoms with Crippen molar-refractivity contribution >= 4 is 46.8 Å². The van der Waals surface area contributed by atoms with Crippen molar-refractivity contribution in [3.8, 4) is 0 Å². The molecule has 7 nitrogen and oxygen atoms in total. The van der Waals surface area contributed by atoms with Gasteiger partial charge in [0.2, 0.25) is 11.8 Å². The molecule has 1 spiro atoms. The van der Waals surface area contributed by atoms with E-state index in [1.54, 1.807) is 45.8 Å². The SMILES string of the molecule is C=CCN(CCC)C(=O)[C@@H]1[C@H]2C(=O)N(CCCCCCO)C(C(=O)N(CC=C)c3ccc(Cl)cc3)C23CC[C@@]1(C)S3. The maximum absolute atomic E-state index is 14.7. The van der Waals surface area contributed by atoms with Crippen LogP contribution >= 0.6 is 23.4 Å². The number of hydrogen-bond donors (Lipinski definition) is 1. The molecule has 0 radical (unpaired) electrons. The number of carbonyl (C=O) groups excluding carboxylic acids is 3. The molecule has 41 heavy (non-hydrogen) atoms. The van der Waals surface area contributed by atoms with Crippen molar-refractivity contribution in [1.82, 2.24) is 9.80 Å². The number of aliphatic hydroxyl groups excluding tert-OH is 1. The van der Waals surface area contributed by atoms with Crippen LogP contribution < -0.4 is 4.90 Å². The van der Waals surface area contributed by atoms with E-state index in [0.29, 0.717) is 49.7 Å². The number of likely N-dealkylation sites (tertiary alicyclic amines) is 1. The van der Waals surface area contributed by atoms with Crippen LogP contribution in [0.3, 0.4) is 0 Å². The highest BCUT2D eigenvalue weighted by molar-refractivity contribution is 8.02. The highest BCUT2D eigenvalue weighted by Gasteiger charge is 2.77. The summed E-state index contributed by atoms with van der Waals surface area (Å²) in [5.41, 5.74) is 0.700. The van der Waals surface area contributed by atoms with Crippen molar-refractivity contribution in [3.63, 3.8) is 0 Å². The lowest BCUT2D eigenvalue weighted by Crippen LogP contribution is -2.55. The Morgan fingerprint density at radius 3 is 2.41 bits per heavy atom. The average Bonchev–Trinajstić information content (AvgIpc) is 3.52. The fourth-order valence-electron chi connectivity index (χ4n) is 7.20. The van der Waals surface area contributed by atoms with Gasteiger partial charge in [0.1, 0.15) is 6.04 Å². The fourth-order valence-corrected chi connectivity index (χ4v) is 9.67. The van der Waals surface area contributed by atoms with Gasteiger partial charge in [0, 0.05) is 48.2 Å². The van der Waals surface area contributed by atoms with E-state index in [2.05, 4.69) is 20.1 Å². The first-order valence-electron chi connectivity index (χ1n) is 14.9. The molecule has 3 saturated heterocycles. The van der Waals surface area contributed by atoms with Crippen molar-refractivity contribution < 1.29 is 19.5 Å². The second kappa shape index (κ2) is 13.3. The third-order valence-electron chi connectivity index (χ3n) is 8.95. The molecule has 1 aromatic carbocycles. The van der Waals surface area contributed by atoms with Crippen LogP contribution in [0.1, 0.15) is 58.8 Å². The molecule has 3 heterocycles. The van der Waals surface area contributed by atoms with Crippen LogP contribution in [0, 0.1) is 11.8 Å². The predicted molar refractivity (Wildman–Crippen MR) is 167 cm³/mol. The maximum Gasteiger partial charge on any atom is 0.251 e. The molecule has 9 heteroatoms. The summed E-state index contributed by atoms with van der Waals surface area (Å²) < 4.78 is -1.09. The van der Waals surface area contributed by atoms with Crippen LogP contribution in [0.25, 0.3) is 0 Å². The summed E-state index contributed by atoms with van der Waals surface area (Å²) >= 11 is 7.86. The van der Waals surface area contributed by atoms with Gasteiger partial charge in [-0.2, -0.15) is 0 Å². The number of rotatable bonds is 15. The molecule has 1 N–H and O–H groups in total. The second-order valence-electron chi connectivity index (χ2n) is 11.7. The van der Waals surface area contributed by atoms with Gasteiger partial charge >= 0.3 is 0 Å². The number of fused-ring (bicyclic) bond motifs is 1. The monoisotopic (exact) mass is 601 g/mol. The minimum atomic E-state index is -0.683. The largest absolute Gasteiger partial charge is 0.396 e. The molecule has 3 fully saturated rings. The molecule has 0 aromatic heterocycles. The van der Waals surface area contributed by atoms with E-state index >= 15 is 0 Å². The first-order valence-corrected chi connectivity index (χ1v) is 16.1. The smallest absolute Gasteiger partial charge is 0.251 e. The Morgan fingerprint density at radius 2 is 1.78 bits per heavy atom. The molecule has 0 saturated carbocycles. The average molecular weight is 602 g/mol. The van der Waals surface area contributed by atoms with Gasteiger partial charge in [-0.25, -0.2) is 0 Å². The Labute approximate surface area is 254 Å². The predicted octanol–water partition coefficient (Wildman–Crippen LogP) is 5.32. The third kappa shape index (κ3) is 5.84. The Hall–Kier alpha value is -2.29. The molecule has 3 amide bonds. The van der Waals surface area contributed by atoms with Gasteiger partial charge in [0.25, 0.3) is 5.91 Å². The number of unbranched alkanes of at least 4 members (excludes halogenated alkanes) is 3. The van der Waals surface area contributed by atoms with Crippen molar-refractivity contribution in [2.45, 2.75) is 74.3 Å². The van der Waals surface area contributed by atoms with Crippen LogP contribution in [-0.2, 0) is 14.4 Å². The van der Waals surface area contributed by atoms with Gasteiger partial charge in [-0.1, -0.05) is 43.5 Å². The van der Waals surface area contributed by atoms with E-state index in [9.17, 15) is 19.5 Å². The van der Waals surface area contributed by atoms with E-state index in [1.807, 2.05) is 24.0 Å². The van der Waals surface area contributed by atoms with Gasteiger partial charge in [-0.05, 0) is 63.3 Å². The lowest BCUT2D eigenvalue weighted by molar-refractivity contribution is -0.145. The van der Waals surface area contributed by atoms with Gasteiger partial charge in [0.15, 0.2) is 0 Å². The van der Waals surface area contributed by atoms with Crippen molar-refractivity contribution in [2.75, 3.05) is 37.7 Å². The highest BCUT2D eigenvalue weighted by Crippen LogP contribution is 2.71. The molecule has 5 atom stereocenters. The minimum Gasteiger partial charge on any atom is -0.396 e. The second-order valence-corrected chi connectivity index (χ2v) is 14.0. The quantitative estimate of drug-likeness (QED) is 0.217. The van der Waals surface area contributed by atoms with Gasteiger partial charge in [-0.15, -0.1) is 24.9 Å². The van der Waals surface area contributed by atoms with Crippen LogP contribution in [0.5, 0.6) is 0 Å². The number of amides is 3. The van der Waals surface area contributed by atoms with E-state index in [-0.39, 0.29) is 24.3 Å². The lowest BCUT2D eigenvalue weighted by atomic mass is 9.66. The number of anilines is 1. The zero-order valence-corrected chi connectivity index (χ0v) is 26.0. The summed E-state index contributed by atoms with van der Waals surface area (Å²) in [4.78, 5) is 48.6. The molecule has 2 bridgehead atoms. The van der Waals surface area contributed by atoms with E-state index in [0.717, 1.165) is 32.1 Å². The molecular weight excluding hydrogens is 558 g/mol. The minimum absolute atomic E-state index is 0.00156. The summed E-state index contributed by atoms with van der Waals surface area (Å²) in [6.45, 7) is 13.8. The van der Waals surface area contributed by atoms with Crippen LogP contribution in [0.4, 0.5) is 5.69 Å². The summed E-state index contributed by atoms with van der Waals surface area (Å²) in [6.07, 6.45) is 8.92. The number of benzene rings is 1. The number of nitrogens with zero attached hydrogens (tertiary/aromatic N) is 3. The lowest BCUT2D eigenvalue weighted by Gasteiger charge is -2.38. The number of carbonyl (C=O) groups is 3. The zero-order chi connectivity index (χ0) is 29.8. The summed E-state index contributed by atoms with van der Waals surface area (Å²) in [7, 11) is 0. The number of halogens is 1. The highest BCUT2D eigenvalue weighted by atomic mass is 35.5. The Morgan fingerprint density at radius 1 is 1.10 bits per heavy atom. The summed E-state index contributed by atoms with van der Waals surface area (Å²) in [6, 6.07) is 6.47. The number of hydrogen-bond acceptors (Lipinski definition) is 5. The van der Waals surface area contributed by atoms with Crippen LogP contribution in [-0.4, -0.2) is 80.9 Å². The van der Waals surface area contributed by atoms with E-state index < -0.39 is 27.4 Å². The van der Waals surface area contributed by atoms with Crippen LogP contribution in [0.15, 0.2) is 49.6 Å². The van der Waals surface area contributed by atoms with Crippen molar-refractivity contribution in [2.24, 2.45) is 11.8 Å². The standard InChI is InChI=1S/C32H44ClN3O4S/c1-5-18-34(19-6-2)28(38)25-26-29(39)36(21-10-8-9-11-22-37)27(32(26)17-16-31(25,4)41-32)30(40)35(20-7-3)24-14-12-23(33)13-15-24/h5,7,12-15,25-27,37H,1,3,6,8-11,16-22H2,2,4H3/t25-,26-,27?,31+,32?/m0/s1. The Bertz CT molecular complexity index is 1150. The van der Waals surface area contributed by atoms with Gasteiger partial charge in [0.05, 0.1) is 16.6 Å². The maximum atomic E-state index is 14.7. The third-order valence-corrected chi connectivity index (χ3v) is 11.2. The van der Waals surface area contributed by atoms with Gasteiger partial charge in [-0.3, -0.25) is 14.4 Å². The molecule has 1 aromatic rings. The normalized spacial score (nSPS) is 28.0. The Kier molecular flexibility index (Phi) is 10.3. The van der Waals surface area contributed by atoms with Crippen molar-refractivity contribution in [3.05, 3.63) is 54.6 Å². The molecular formula is C32H44ClN3O4S. The van der Waals surface area contributed by atoms with Gasteiger partial charge < -0.3 is 19.8 Å². The van der Waals surface area contributed by atoms with Crippen LogP contribution in [0.2, 0.25) is 5.02 Å². The topological polar surface area (TPSA) is 81.2 Å². The molecule has 3 aliphatic heterocycles. The zero-order valence-electron chi connectivity index (χ0n) is 24.4. The van der Waals surface area contributed by atoms with E-state index in [1.165, 1.54) is 0 Å². The molecule has 224 valence electrons. The van der Waals surface area contributed by atoms with E-state index in [4.69, 9.17) is 11.6 Å². The fraction of sp³-hybridized carbons (Fsp3) is 0.594. The molecule has 2 unspecified atom stereocenters. The summed E-state index contributed by atoms with van der Waals surface area (Å²) in [5, 5.41) is 9.78. The first-order chi connectivity index (χ1) is 19.7. The molecule has 0 aliphatic carbocycles. The first kappa shape index (κ1) is 31.6. The molecule has 4 rings (SSSR count). The molecule has 3 aliphatic rings. The van der Waals surface area contributed by atoms with Crippen molar-refractivity contribution in [1.29, 1.82) is 0 Å².